The fraction of sp³-hybridized carbons (Fsp3) is 0.745. The summed E-state index contributed by atoms with van der Waals surface area (Å²) >= 11 is 0. The maximum Gasteiger partial charge on any atom is 0.329 e. The van der Waals surface area contributed by atoms with Crippen molar-refractivity contribution in [1.82, 2.24) is 4.90 Å². The molecule has 1 saturated carbocycles. The van der Waals surface area contributed by atoms with Crippen LogP contribution in [0.4, 0.5) is 0 Å². The van der Waals surface area contributed by atoms with E-state index in [1.54, 1.807) is 34.0 Å². The molecule has 3 aliphatic heterocycles. The smallest absolute Gasteiger partial charge is 0.329 e. The summed E-state index contributed by atoms with van der Waals surface area (Å²) in [5.74, 6) is -7.66. The molecule has 4 rings (SSSR count). The van der Waals surface area contributed by atoms with E-state index in [0.717, 1.165) is 12.0 Å². The molecule has 3 fully saturated rings. The topological polar surface area (TPSA) is 186 Å². The number of aliphatic hydroxyl groups excluding tert-OH is 2. The fourth-order valence-corrected chi connectivity index (χ4v) is 10.0. The molecule has 0 aromatic heterocycles. The summed E-state index contributed by atoms with van der Waals surface area (Å²) in [4.78, 5) is 71.7. The van der Waals surface area contributed by atoms with Gasteiger partial charge in [0.25, 0.3) is 11.7 Å². The van der Waals surface area contributed by atoms with E-state index < -0.39 is 77.8 Å². The highest BCUT2D eigenvalue weighted by molar-refractivity contribution is 6.39. The number of ether oxygens (including phenoxy) is 4. The van der Waals surface area contributed by atoms with Crippen molar-refractivity contribution in [1.29, 1.82) is 0 Å². The van der Waals surface area contributed by atoms with Crippen LogP contribution in [0.5, 0.6) is 0 Å². The molecule has 360 valence electrons. The SMILES string of the molecule is CO[C@@H]1C[C@H](C[C@@H](C)[C@@H]2CC(=O)[C@H](C)/C=C(\C)[C@@H](O)[C@@H](OC)C(=O)[C@H](C)C[C@H](C)/C=C/C=C/C=C(\C)C(C)C[C@@H]3CC[C@@H](C)[C@@](O)(O3)C(=O)C(=O)N3CCCC[C@H]3C(=O)O2)CC[C@H]1O. The molecule has 1 aliphatic carbocycles. The number of fused-ring (bicyclic) bond motifs is 3. The number of ketones is 3. The number of Topliss-reactive ketones (excluding diaryl/α,β-unsaturated/α-hetero) is 3. The molecule has 0 spiro atoms. The van der Waals surface area contributed by atoms with Crippen molar-refractivity contribution in [2.75, 3.05) is 20.8 Å². The minimum Gasteiger partial charge on any atom is -0.460 e. The van der Waals surface area contributed by atoms with E-state index in [2.05, 4.69) is 0 Å². The standard InChI is InChI=1S/C51H79NO12/c1-30-16-12-11-13-17-31(2)32(3)27-39-21-19-37(8)51(60,64-39)48(57)49(58)52-23-15-14-18-40(52)50(59)63-43(34(5)26-38-20-22-41(53)44(28-38)61-9)29-42(54)33(4)25-36(7)46(56)47(62-10)45(55)35(6)24-30/h11-13,16-17,25,30,32-35,37-41,43-44,46-47,53,56,60H,14-15,18-24,26-29H2,1-10H3/b13-11+,16-12+,31-17+,36-25+/t30-,32?,33-,34-,35-,37-,38+,39+,40+,41-,43+,44-,46-,47+,51-/m1/s1. The Bertz CT molecular complexity index is 1740. The number of methoxy groups -OCH3 is 2. The number of amides is 1. The number of hydrogen-bond acceptors (Lipinski definition) is 12. The molecule has 1 amide bonds. The van der Waals surface area contributed by atoms with Gasteiger partial charge in [0.15, 0.2) is 5.78 Å². The molecule has 13 heteroatoms. The van der Waals surface area contributed by atoms with Gasteiger partial charge in [0.2, 0.25) is 5.79 Å². The van der Waals surface area contributed by atoms with E-state index in [4.69, 9.17) is 18.9 Å². The highest BCUT2D eigenvalue weighted by Gasteiger charge is 2.53. The molecule has 1 unspecified atom stereocenters. The zero-order chi connectivity index (χ0) is 47.5. The van der Waals surface area contributed by atoms with Gasteiger partial charge < -0.3 is 39.2 Å². The van der Waals surface area contributed by atoms with Crippen molar-refractivity contribution in [3.8, 4) is 0 Å². The summed E-state index contributed by atoms with van der Waals surface area (Å²) in [5, 5.41) is 33.8. The third kappa shape index (κ3) is 13.9. The van der Waals surface area contributed by atoms with Crippen molar-refractivity contribution in [3.05, 3.63) is 47.6 Å². The first-order chi connectivity index (χ1) is 30.2. The molecule has 15 atom stereocenters. The number of piperidine rings is 1. The maximum atomic E-state index is 14.3. The van der Waals surface area contributed by atoms with Gasteiger partial charge in [-0.15, -0.1) is 0 Å². The molecule has 2 bridgehead atoms. The van der Waals surface area contributed by atoms with Crippen LogP contribution in [-0.2, 0) is 42.9 Å². The summed E-state index contributed by atoms with van der Waals surface area (Å²) in [5.41, 5.74) is 1.46. The molecule has 0 aromatic rings. The van der Waals surface area contributed by atoms with Gasteiger partial charge in [-0.2, -0.15) is 0 Å². The van der Waals surface area contributed by atoms with Crippen molar-refractivity contribution in [2.45, 2.75) is 181 Å². The number of rotatable bonds is 5. The van der Waals surface area contributed by atoms with Crippen molar-refractivity contribution >= 4 is 29.2 Å². The quantitative estimate of drug-likeness (QED) is 0.149. The largest absolute Gasteiger partial charge is 0.460 e. The lowest BCUT2D eigenvalue weighted by molar-refractivity contribution is -0.264. The van der Waals surface area contributed by atoms with Gasteiger partial charge in [-0.1, -0.05) is 83.6 Å². The van der Waals surface area contributed by atoms with Crippen LogP contribution in [0.3, 0.4) is 0 Å². The predicted octanol–water partition coefficient (Wildman–Crippen LogP) is 6.80. The lowest BCUT2D eigenvalue weighted by Crippen LogP contribution is -2.60. The highest BCUT2D eigenvalue weighted by Crippen LogP contribution is 2.38. The molecular formula is C51H79NO12. The molecular weight excluding hydrogens is 819 g/mol. The average Bonchev–Trinajstić information content (AvgIpc) is 3.26. The van der Waals surface area contributed by atoms with Gasteiger partial charge in [0.05, 0.1) is 18.3 Å². The van der Waals surface area contributed by atoms with Gasteiger partial charge in [-0.05, 0) is 114 Å². The van der Waals surface area contributed by atoms with Crippen LogP contribution in [0.25, 0.3) is 0 Å². The van der Waals surface area contributed by atoms with Crippen LogP contribution in [0, 0.1) is 41.4 Å². The number of esters is 1. The first-order valence-electron chi connectivity index (χ1n) is 23.9. The van der Waals surface area contributed by atoms with E-state index in [1.807, 2.05) is 65.0 Å². The summed E-state index contributed by atoms with van der Waals surface area (Å²) < 4.78 is 23.6. The number of allylic oxidation sites excluding steroid dienone is 7. The first kappa shape index (κ1) is 53.3. The molecule has 0 aromatic carbocycles. The Kier molecular flexibility index (Phi) is 20.4. The Morgan fingerprint density at radius 2 is 1.56 bits per heavy atom. The first-order valence-corrected chi connectivity index (χ1v) is 23.9. The van der Waals surface area contributed by atoms with E-state index in [-0.39, 0.29) is 60.7 Å². The highest BCUT2D eigenvalue weighted by atomic mass is 16.6. The Morgan fingerprint density at radius 1 is 0.844 bits per heavy atom. The molecule has 64 heavy (non-hydrogen) atoms. The number of hydrogen-bond donors (Lipinski definition) is 3. The second-order valence-corrected chi connectivity index (χ2v) is 19.8. The monoisotopic (exact) mass is 898 g/mol. The van der Waals surface area contributed by atoms with E-state index >= 15 is 0 Å². The average molecular weight is 898 g/mol. The molecule has 13 nitrogen and oxygen atoms in total. The van der Waals surface area contributed by atoms with Gasteiger partial charge in [-0.25, -0.2) is 4.79 Å². The normalized spacial score (nSPS) is 40.9. The van der Waals surface area contributed by atoms with Gasteiger partial charge >= 0.3 is 5.97 Å². The summed E-state index contributed by atoms with van der Waals surface area (Å²) in [6.07, 6.45) is 12.5. The lowest BCUT2D eigenvalue weighted by atomic mass is 9.78. The number of carbonyl (C=O) groups excluding carboxylic acids is 5. The summed E-state index contributed by atoms with van der Waals surface area (Å²) in [6.45, 7) is 15.0. The summed E-state index contributed by atoms with van der Waals surface area (Å²) in [6, 6.07) is -1.12. The van der Waals surface area contributed by atoms with Crippen LogP contribution in [0.15, 0.2) is 47.6 Å². The van der Waals surface area contributed by atoms with Crippen LogP contribution in [0.2, 0.25) is 0 Å². The minimum atomic E-state index is -2.37. The Morgan fingerprint density at radius 3 is 2.25 bits per heavy atom. The number of nitrogens with zero attached hydrogens (tertiary/aromatic N) is 1. The zero-order valence-electron chi connectivity index (χ0n) is 40.2. The van der Waals surface area contributed by atoms with E-state index in [9.17, 15) is 39.3 Å². The predicted molar refractivity (Wildman–Crippen MR) is 244 cm³/mol. The lowest BCUT2D eigenvalue weighted by Gasteiger charge is -2.42. The van der Waals surface area contributed by atoms with Crippen LogP contribution in [0.1, 0.15) is 132 Å². The van der Waals surface area contributed by atoms with Gasteiger partial charge in [0.1, 0.15) is 30.1 Å². The number of aliphatic hydroxyl groups is 3. The number of carbonyl (C=O) groups is 5. The fourth-order valence-electron chi connectivity index (χ4n) is 10.0. The Hall–Kier alpha value is -3.33. The van der Waals surface area contributed by atoms with Crippen LogP contribution in [-0.4, -0.2) is 119 Å². The molecule has 2 saturated heterocycles. The third-order valence-corrected chi connectivity index (χ3v) is 14.6. The second-order valence-electron chi connectivity index (χ2n) is 19.8. The van der Waals surface area contributed by atoms with Crippen molar-refractivity contribution in [2.24, 2.45) is 41.4 Å². The minimum absolute atomic E-state index is 0.0315. The molecule has 0 radical (unpaired) electrons. The van der Waals surface area contributed by atoms with Crippen molar-refractivity contribution < 1.29 is 58.2 Å². The zero-order valence-corrected chi connectivity index (χ0v) is 40.2. The number of cyclic esters (lactones) is 1. The van der Waals surface area contributed by atoms with Gasteiger partial charge in [0, 0.05) is 44.9 Å². The molecule has 3 N–H and O–H groups in total. The maximum absolute atomic E-state index is 14.3. The summed E-state index contributed by atoms with van der Waals surface area (Å²) in [7, 11) is 2.95. The van der Waals surface area contributed by atoms with Crippen molar-refractivity contribution in [3.63, 3.8) is 0 Å². The molecule has 4 aliphatic rings. The molecule has 3 heterocycles. The van der Waals surface area contributed by atoms with Crippen LogP contribution >= 0.6 is 0 Å². The second kappa shape index (κ2) is 24.4. The van der Waals surface area contributed by atoms with Crippen LogP contribution < -0.4 is 0 Å². The Balaban J connectivity index is 1.69. The Labute approximate surface area is 382 Å². The van der Waals surface area contributed by atoms with E-state index in [0.29, 0.717) is 63.4 Å². The van der Waals surface area contributed by atoms with Gasteiger partial charge in [-0.3, -0.25) is 19.2 Å². The van der Waals surface area contributed by atoms with E-state index in [1.165, 1.54) is 12.0 Å². The third-order valence-electron chi connectivity index (χ3n) is 14.6.